The van der Waals surface area contributed by atoms with Crippen molar-refractivity contribution in [1.82, 2.24) is 19.8 Å². The van der Waals surface area contributed by atoms with Crippen LogP contribution in [-0.4, -0.2) is 63.3 Å². The molecule has 2 saturated heterocycles. The van der Waals surface area contributed by atoms with E-state index in [0.717, 1.165) is 19.4 Å². The fourth-order valence-corrected chi connectivity index (χ4v) is 5.42. The van der Waals surface area contributed by atoms with Gasteiger partial charge in [-0.3, -0.25) is 9.59 Å². The molecule has 2 amide bonds. The van der Waals surface area contributed by atoms with Crippen molar-refractivity contribution < 1.29 is 9.59 Å². The molecule has 1 aromatic carbocycles. The van der Waals surface area contributed by atoms with Crippen LogP contribution in [0.2, 0.25) is 0 Å². The van der Waals surface area contributed by atoms with Gasteiger partial charge in [0.15, 0.2) is 0 Å². The van der Waals surface area contributed by atoms with Crippen LogP contribution < -0.4 is 4.90 Å². The van der Waals surface area contributed by atoms with Crippen molar-refractivity contribution >= 4 is 17.8 Å². The maximum absolute atomic E-state index is 13.5. The van der Waals surface area contributed by atoms with Crippen LogP contribution >= 0.6 is 0 Å². The van der Waals surface area contributed by atoms with Crippen LogP contribution in [0.25, 0.3) is 0 Å². The molecule has 0 unspecified atom stereocenters. The fourth-order valence-electron chi connectivity index (χ4n) is 5.42. The molecule has 156 valence electrons. The second kappa shape index (κ2) is 7.70. The van der Waals surface area contributed by atoms with Crippen LogP contribution in [-0.2, 0) is 22.6 Å². The highest BCUT2D eigenvalue weighted by atomic mass is 16.2. The standard InChI is InChI=1S/C23H27N5O2/c1-2-20-19(22(30)26-11-8-16-6-3-4-7-17(16)13-26)12-18-14-27(15-21(29)28(18)20)23-24-9-5-10-25-23/h3-7,9-10,18-20H,2,8,11-15H2,1H3/t18-,19-,20-/m1/s1. The van der Waals surface area contributed by atoms with Crippen LogP contribution in [0.1, 0.15) is 30.9 Å². The number of fused-ring (bicyclic) bond motifs is 2. The number of nitrogens with zero attached hydrogens (tertiary/aromatic N) is 5. The van der Waals surface area contributed by atoms with Crippen molar-refractivity contribution in [3.8, 4) is 0 Å². The fraction of sp³-hybridized carbons (Fsp3) is 0.478. The molecule has 3 aliphatic rings. The van der Waals surface area contributed by atoms with Crippen LogP contribution in [0.15, 0.2) is 42.7 Å². The first-order chi connectivity index (χ1) is 14.7. The summed E-state index contributed by atoms with van der Waals surface area (Å²) in [7, 11) is 0. The van der Waals surface area contributed by atoms with E-state index in [1.807, 2.05) is 20.8 Å². The van der Waals surface area contributed by atoms with Gasteiger partial charge in [-0.15, -0.1) is 0 Å². The molecule has 0 saturated carbocycles. The molecule has 3 atom stereocenters. The lowest BCUT2D eigenvalue weighted by Gasteiger charge is -2.40. The predicted octanol–water partition coefficient (Wildman–Crippen LogP) is 1.88. The molecular formula is C23H27N5O2. The van der Waals surface area contributed by atoms with E-state index in [4.69, 9.17) is 0 Å². The summed E-state index contributed by atoms with van der Waals surface area (Å²) in [4.78, 5) is 41.1. The lowest BCUT2D eigenvalue weighted by molar-refractivity contribution is -0.139. The summed E-state index contributed by atoms with van der Waals surface area (Å²) < 4.78 is 0. The second-order valence-corrected chi connectivity index (χ2v) is 8.48. The Bertz CT molecular complexity index is 950. The number of rotatable bonds is 3. The summed E-state index contributed by atoms with van der Waals surface area (Å²) in [5, 5.41) is 0. The molecular weight excluding hydrogens is 378 g/mol. The molecule has 0 spiro atoms. The lowest BCUT2D eigenvalue weighted by Crippen LogP contribution is -2.57. The zero-order chi connectivity index (χ0) is 20.7. The Hall–Kier alpha value is -2.96. The van der Waals surface area contributed by atoms with E-state index in [1.54, 1.807) is 18.5 Å². The Kier molecular flexibility index (Phi) is 4.89. The number of carbonyl (C=O) groups excluding carboxylic acids is 2. The van der Waals surface area contributed by atoms with E-state index in [9.17, 15) is 9.59 Å². The first-order valence-electron chi connectivity index (χ1n) is 10.8. The minimum atomic E-state index is -0.133. The molecule has 4 heterocycles. The molecule has 0 bridgehead atoms. The van der Waals surface area contributed by atoms with E-state index < -0.39 is 0 Å². The number of hydrogen-bond donors (Lipinski definition) is 0. The Morgan fingerprint density at radius 1 is 1.10 bits per heavy atom. The molecule has 3 aliphatic heterocycles. The maximum Gasteiger partial charge on any atom is 0.242 e. The van der Waals surface area contributed by atoms with Gasteiger partial charge in [0.05, 0.1) is 12.0 Å². The van der Waals surface area contributed by atoms with E-state index in [1.165, 1.54) is 11.1 Å². The van der Waals surface area contributed by atoms with E-state index in [-0.39, 0.29) is 36.4 Å². The first-order valence-corrected chi connectivity index (χ1v) is 10.8. The van der Waals surface area contributed by atoms with Crippen LogP contribution in [0.5, 0.6) is 0 Å². The Morgan fingerprint density at radius 3 is 2.63 bits per heavy atom. The molecule has 30 heavy (non-hydrogen) atoms. The van der Waals surface area contributed by atoms with Crippen molar-refractivity contribution in [3.05, 3.63) is 53.9 Å². The molecule has 0 N–H and O–H groups in total. The monoisotopic (exact) mass is 405 g/mol. The number of amides is 2. The summed E-state index contributed by atoms with van der Waals surface area (Å²) in [6.07, 6.45) is 5.80. The molecule has 2 fully saturated rings. The Labute approximate surface area is 176 Å². The molecule has 5 rings (SSSR count). The number of piperazine rings is 1. The third-order valence-corrected chi connectivity index (χ3v) is 6.80. The van der Waals surface area contributed by atoms with Crippen molar-refractivity contribution in [1.29, 1.82) is 0 Å². The summed E-state index contributed by atoms with van der Waals surface area (Å²) in [5.41, 5.74) is 2.58. The third-order valence-electron chi connectivity index (χ3n) is 6.80. The largest absolute Gasteiger partial charge is 0.338 e. The normalized spacial score (nSPS) is 25.8. The zero-order valence-electron chi connectivity index (χ0n) is 17.3. The highest BCUT2D eigenvalue weighted by molar-refractivity contribution is 5.86. The van der Waals surface area contributed by atoms with Crippen LogP contribution in [0.3, 0.4) is 0 Å². The van der Waals surface area contributed by atoms with E-state index >= 15 is 0 Å². The number of aromatic nitrogens is 2. The smallest absolute Gasteiger partial charge is 0.242 e. The van der Waals surface area contributed by atoms with Crippen LogP contribution in [0, 0.1) is 5.92 Å². The van der Waals surface area contributed by atoms with Gasteiger partial charge in [0.2, 0.25) is 17.8 Å². The van der Waals surface area contributed by atoms with Crippen molar-refractivity contribution in [2.45, 2.75) is 44.8 Å². The van der Waals surface area contributed by atoms with E-state index in [0.29, 0.717) is 25.5 Å². The number of hydrogen-bond acceptors (Lipinski definition) is 5. The number of anilines is 1. The second-order valence-electron chi connectivity index (χ2n) is 8.48. The Balaban J connectivity index is 1.35. The molecule has 0 aliphatic carbocycles. The van der Waals surface area contributed by atoms with Gasteiger partial charge in [0, 0.05) is 38.1 Å². The molecule has 1 aromatic heterocycles. The summed E-state index contributed by atoms with van der Waals surface area (Å²) in [6.45, 7) is 4.46. The molecule has 2 aromatic rings. The van der Waals surface area contributed by atoms with Crippen molar-refractivity contribution in [2.24, 2.45) is 5.92 Å². The summed E-state index contributed by atoms with van der Waals surface area (Å²) in [6, 6.07) is 10.2. The van der Waals surface area contributed by atoms with Gasteiger partial charge in [0.1, 0.15) is 6.54 Å². The average molecular weight is 406 g/mol. The molecule has 0 radical (unpaired) electrons. The number of carbonyl (C=O) groups is 2. The van der Waals surface area contributed by atoms with Gasteiger partial charge in [-0.1, -0.05) is 31.2 Å². The lowest BCUT2D eigenvalue weighted by atomic mass is 9.93. The SMILES string of the molecule is CC[C@@H]1[C@H](C(=O)N2CCc3ccccc3C2)C[C@@H]2CN(c3ncccn3)CC(=O)N21. The summed E-state index contributed by atoms with van der Waals surface area (Å²) in [5.74, 6) is 0.720. The van der Waals surface area contributed by atoms with Gasteiger partial charge in [-0.2, -0.15) is 0 Å². The minimum absolute atomic E-state index is 0.0222. The average Bonchev–Trinajstić information content (AvgIpc) is 3.18. The van der Waals surface area contributed by atoms with Gasteiger partial charge in [0.25, 0.3) is 0 Å². The van der Waals surface area contributed by atoms with Crippen molar-refractivity contribution in [2.75, 3.05) is 24.5 Å². The van der Waals surface area contributed by atoms with Gasteiger partial charge >= 0.3 is 0 Å². The van der Waals surface area contributed by atoms with Gasteiger partial charge < -0.3 is 14.7 Å². The highest BCUT2D eigenvalue weighted by Gasteiger charge is 2.50. The zero-order valence-corrected chi connectivity index (χ0v) is 17.3. The topological polar surface area (TPSA) is 69.6 Å². The highest BCUT2D eigenvalue weighted by Crippen LogP contribution is 2.37. The minimum Gasteiger partial charge on any atom is -0.338 e. The molecule has 7 nitrogen and oxygen atoms in total. The summed E-state index contributed by atoms with van der Waals surface area (Å²) >= 11 is 0. The van der Waals surface area contributed by atoms with Crippen molar-refractivity contribution in [3.63, 3.8) is 0 Å². The molecule has 7 heteroatoms. The van der Waals surface area contributed by atoms with Crippen LogP contribution in [0.4, 0.5) is 5.95 Å². The maximum atomic E-state index is 13.5. The Morgan fingerprint density at radius 2 is 1.87 bits per heavy atom. The van der Waals surface area contributed by atoms with Gasteiger partial charge in [-0.25, -0.2) is 9.97 Å². The first kappa shape index (κ1) is 19.0. The van der Waals surface area contributed by atoms with E-state index in [2.05, 4.69) is 35.1 Å². The third kappa shape index (κ3) is 3.22. The number of benzene rings is 1. The quantitative estimate of drug-likeness (QED) is 0.780. The predicted molar refractivity (Wildman–Crippen MR) is 113 cm³/mol. The van der Waals surface area contributed by atoms with Gasteiger partial charge in [-0.05, 0) is 36.5 Å².